The molecule has 2 aromatic rings. The van der Waals surface area contributed by atoms with Crippen LogP contribution < -0.4 is 4.74 Å². The van der Waals surface area contributed by atoms with Gasteiger partial charge in [-0.3, -0.25) is 0 Å². The van der Waals surface area contributed by atoms with Gasteiger partial charge >= 0.3 is 0 Å². The molecule has 90 valence electrons. The Kier molecular flexibility index (Phi) is 3.16. The average molecular weight is 243 g/mol. The number of nitriles is 1. The van der Waals surface area contributed by atoms with E-state index in [0.29, 0.717) is 17.1 Å². The monoisotopic (exact) mass is 243 g/mol. The molecule has 0 aliphatic rings. The average Bonchev–Trinajstić information content (AvgIpc) is 2.33. The van der Waals surface area contributed by atoms with Gasteiger partial charge in [0.1, 0.15) is 29.1 Å². The van der Waals surface area contributed by atoms with Crippen molar-refractivity contribution in [3.05, 3.63) is 53.3 Å². The van der Waals surface area contributed by atoms with E-state index in [2.05, 4.69) is 0 Å². The van der Waals surface area contributed by atoms with Gasteiger partial charge < -0.3 is 9.84 Å². The predicted octanol–water partition coefficient (Wildman–Crippen LogP) is 3.50. The molecular formula is C14H10FNO2. The molecule has 0 fully saturated rings. The van der Waals surface area contributed by atoms with Gasteiger partial charge in [-0.2, -0.15) is 5.26 Å². The van der Waals surface area contributed by atoms with E-state index in [-0.39, 0.29) is 17.1 Å². The van der Waals surface area contributed by atoms with Crippen molar-refractivity contribution < 1.29 is 14.2 Å². The zero-order chi connectivity index (χ0) is 13.1. The van der Waals surface area contributed by atoms with Crippen molar-refractivity contribution in [2.45, 2.75) is 6.92 Å². The number of phenolic OH excluding ortho intramolecular Hbond substituents is 1. The molecule has 0 bridgehead atoms. The Hall–Kier alpha value is -2.54. The lowest BCUT2D eigenvalue weighted by Gasteiger charge is -2.09. The van der Waals surface area contributed by atoms with E-state index in [0.717, 1.165) is 0 Å². The van der Waals surface area contributed by atoms with Crippen LogP contribution in [0.15, 0.2) is 36.4 Å². The molecule has 0 saturated carbocycles. The Morgan fingerprint density at radius 1 is 1.22 bits per heavy atom. The second-order valence-electron chi connectivity index (χ2n) is 3.80. The predicted molar refractivity (Wildman–Crippen MR) is 64.0 cm³/mol. The molecule has 0 spiro atoms. The molecule has 3 nitrogen and oxygen atoms in total. The van der Waals surface area contributed by atoms with Crippen LogP contribution in [0.25, 0.3) is 0 Å². The third-order valence-electron chi connectivity index (χ3n) is 2.45. The molecule has 0 heterocycles. The fraction of sp³-hybridized carbons (Fsp3) is 0.0714. The number of aryl methyl sites for hydroxylation is 1. The van der Waals surface area contributed by atoms with Crippen LogP contribution in [0.4, 0.5) is 4.39 Å². The van der Waals surface area contributed by atoms with Crippen molar-refractivity contribution in [1.29, 1.82) is 5.26 Å². The number of benzene rings is 2. The van der Waals surface area contributed by atoms with Crippen LogP contribution in [-0.4, -0.2) is 5.11 Å². The zero-order valence-electron chi connectivity index (χ0n) is 9.64. The van der Waals surface area contributed by atoms with Crippen molar-refractivity contribution in [2.24, 2.45) is 0 Å². The van der Waals surface area contributed by atoms with Gasteiger partial charge in [-0.1, -0.05) is 0 Å². The highest BCUT2D eigenvalue weighted by Gasteiger charge is 2.06. The van der Waals surface area contributed by atoms with E-state index < -0.39 is 0 Å². The molecule has 0 unspecified atom stereocenters. The zero-order valence-corrected chi connectivity index (χ0v) is 9.64. The van der Waals surface area contributed by atoms with Gasteiger partial charge in [0.25, 0.3) is 0 Å². The summed E-state index contributed by atoms with van der Waals surface area (Å²) in [5.41, 5.74) is 0.831. The standard InChI is InChI=1S/C14H10FNO2/c1-9-6-11(15)3-5-14(9)18-12-4-2-10(8-16)13(17)7-12/h2-7,17H,1H3. The maximum atomic E-state index is 12.9. The number of ether oxygens (including phenoxy) is 1. The van der Waals surface area contributed by atoms with Gasteiger partial charge in [0.05, 0.1) is 5.56 Å². The Balaban J connectivity index is 2.29. The van der Waals surface area contributed by atoms with Crippen molar-refractivity contribution in [3.63, 3.8) is 0 Å². The Morgan fingerprint density at radius 3 is 2.61 bits per heavy atom. The molecule has 2 aromatic carbocycles. The molecule has 0 aliphatic carbocycles. The molecule has 0 aliphatic heterocycles. The van der Waals surface area contributed by atoms with E-state index in [9.17, 15) is 9.50 Å². The van der Waals surface area contributed by atoms with Gasteiger partial charge in [-0.05, 0) is 42.8 Å². The number of aromatic hydroxyl groups is 1. The Labute approximate surface area is 104 Å². The topological polar surface area (TPSA) is 53.2 Å². The van der Waals surface area contributed by atoms with Gasteiger partial charge in [-0.15, -0.1) is 0 Å². The third kappa shape index (κ3) is 2.41. The smallest absolute Gasteiger partial charge is 0.137 e. The summed E-state index contributed by atoms with van der Waals surface area (Å²) in [5.74, 6) is 0.416. The summed E-state index contributed by atoms with van der Waals surface area (Å²) in [6.07, 6.45) is 0. The minimum atomic E-state index is -0.331. The summed E-state index contributed by atoms with van der Waals surface area (Å²) in [6, 6.07) is 10.4. The maximum absolute atomic E-state index is 12.9. The molecule has 0 amide bonds. The molecule has 1 N–H and O–H groups in total. The minimum absolute atomic E-state index is 0.144. The molecule has 0 aromatic heterocycles. The fourth-order valence-corrected chi connectivity index (χ4v) is 1.52. The molecular weight excluding hydrogens is 233 g/mol. The lowest BCUT2D eigenvalue weighted by molar-refractivity contribution is 0.451. The van der Waals surface area contributed by atoms with Crippen LogP contribution in [0.5, 0.6) is 17.2 Å². The van der Waals surface area contributed by atoms with Crippen LogP contribution >= 0.6 is 0 Å². The molecule has 0 radical (unpaired) electrons. The first-order valence-corrected chi connectivity index (χ1v) is 5.27. The number of nitrogens with zero attached hydrogens (tertiary/aromatic N) is 1. The second kappa shape index (κ2) is 4.76. The quantitative estimate of drug-likeness (QED) is 0.878. The molecule has 2 rings (SSSR count). The lowest BCUT2D eigenvalue weighted by atomic mass is 10.2. The molecule has 0 saturated heterocycles. The summed E-state index contributed by atoms with van der Waals surface area (Å²) >= 11 is 0. The fourth-order valence-electron chi connectivity index (χ4n) is 1.52. The normalized spacial score (nSPS) is 9.83. The van der Waals surface area contributed by atoms with Crippen LogP contribution in [0, 0.1) is 24.1 Å². The van der Waals surface area contributed by atoms with E-state index in [1.54, 1.807) is 13.0 Å². The summed E-state index contributed by atoms with van der Waals surface area (Å²) in [4.78, 5) is 0. The lowest BCUT2D eigenvalue weighted by Crippen LogP contribution is -1.89. The van der Waals surface area contributed by atoms with E-state index >= 15 is 0 Å². The third-order valence-corrected chi connectivity index (χ3v) is 2.45. The Bertz CT molecular complexity index is 632. The van der Waals surface area contributed by atoms with Gasteiger partial charge in [0.2, 0.25) is 0 Å². The Morgan fingerprint density at radius 2 is 2.00 bits per heavy atom. The maximum Gasteiger partial charge on any atom is 0.137 e. The van der Waals surface area contributed by atoms with Crippen LogP contribution in [0.3, 0.4) is 0 Å². The first-order valence-electron chi connectivity index (χ1n) is 5.27. The molecule has 0 atom stereocenters. The highest BCUT2D eigenvalue weighted by molar-refractivity contribution is 5.48. The largest absolute Gasteiger partial charge is 0.506 e. The van der Waals surface area contributed by atoms with Crippen molar-refractivity contribution >= 4 is 0 Å². The number of rotatable bonds is 2. The number of phenols is 1. The van der Waals surface area contributed by atoms with Gasteiger partial charge in [0, 0.05) is 6.07 Å². The van der Waals surface area contributed by atoms with Crippen LogP contribution in [0.1, 0.15) is 11.1 Å². The van der Waals surface area contributed by atoms with Gasteiger partial charge in [-0.25, -0.2) is 4.39 Å². The van der Waals surface area contributed by atoms with Crippen molar-refractivity contribution in [1.82, 2.24) is 0 Å². The van der Waals surface area contributed by atoms with E-state index in [4.69, 9.17) is 10.00 Å². The van der Waals surface area contributed by atoms with Crippen molar-refractivity contribution in [2.75, 3.05) is 0 Å². The van der Waals surface area contributed by atoms with Crippen molar-refractivity contribution in [3.8, 4) is 23.3 Å². The summed E-state index contributed by atoms with van der Waals surface area (Å²) in [7, 11) is 0. The highest BCUT2D eigenvalue weighted by atomic mass is 19.1. The summed E-state index contributed by atoms with van der Waals surface area (Å²) in [6.45, 7) is 1.72. The van der Waals surface area contributed by atoms with Crippen LogP contribution in [0.2, 0.25) is 0 Å². The number of hydrogen-bond donors (Lipinski definition) is 1. The van der Waals surface area contributed by atoms with E-state index in [1.165, 1.54) is 30.3 Å². The first kappa shape index (κ1) is 11.9. The summed E-state index contributed by atoms with van der Waals surface area (Å²) < 4.78 is 18.4. The molecule has 18 heavy (non-hydrogen) atoms. The van der Waals surface area contributed by atoms with Crippen LogP contribution in [-0.2, 0) is 0 Å². The number of hydrogen-bond acceptors (Lipinski definition) is 3. The number of halogens is 1. The molecule has 4 heteroatoms. The minimum Gasteiger partial charge on any atom is -0.506 e. The highest BCUT2D eigenvalue weighted by Crippen LogP contribution is 2.29. The van der Waals surface area contributed by atoms with Gasteiger partial charge in [0.15, 0.2) is 0 Å². The SMILES string of the molecule is Cc1cc(F)ccc1Oc1ccc(C#N)c(O)c1. The van der Waals surface area contributed by atoms with E-state index in [1.807, 2.05) is 6.07 Å². The second-order valence-corrected chi connectivity index (χ2v) is 3.80. The first-order chi connectivity index (χ1) is 8.60. The summed E-state index contributed by atoms with van der Waals surface area (Å²) in [5, 5.41) is 18.2.